The number of non-ortho nitro benzene ring substituents is 1. The first kappa shape index (κ1) is 16.5. The molecule has 2 saturated heterocycles. The molecule has 0 aromatic heterocycles. The molecule has 130 valence electrons. The van der Waals surface area contributed by atoms with Gasteiger partial charge in [-0.1, -0.05) is 0 Å². The fourth-order valence-electron chi connectivity index (χ4n) is 3.22. The highest BCUT2D eigenvalue weighted by Crippen LogP contribution is 2.38. The molecule has 0 spiro atoms. The van der Waals surface area contributed by atoms with Crippen LogP contribution in [0.4, 0.5) is 24.5 Å². The minimum atomic E-state index is -5.06. The van der Waals surface area contributed by atoms with Crippen LogP contribution < -0.4 is 10.2 Å². The zero-order chi connectivity index (χ0) is 17.5. The number of halogens is 3. The standard InChI is InChI=1S/C14H14F3N3O4/c15-14(16,17)13(21)24-12-11-6-18-5-8(11)7-19(12)9-1-3-10(4-2-9)20(22)23/h1-4,8,11-12,18H,5-7H2/t8-,11+,12?/m0/s1. The van der Waals surface area contributed by atoms with E-state index in [4.69, 9.17) is 4.74 Å². The van der Waals surface area contributed by atoms with Crippen molar-refractivity contribution in [1.82, 2.24) is 5.32 Å². The predicted molar refractivity (Wildman–Crippen MR) is 76.2 cm³/mol. The number of esters is 1. The molecule has 2 fully saturated rings. The zero-order valence-electron chi connectivity index (χ0n) is 12.3. The molecule has 0 amide bonds. The second-order valence-corrected chi connectivity index (χ2v) is 5.80. The molecule has 1 aromatic rings. The van der Waals surface area contributed by atoms with E-state index in [2.05, 4.69) is 5.32 Å². The van der Waals surface area contributed by atoms with Crippen molar-refractivity contribution in [1.29, 1.82) is 0 Å². The van der Waals surface area contributed by atoms with Crippen LogP contribution in [-0.2, 0) is 9.53 Å². The van der Waals surface area contributed by atoms with Crippen LogP contribution in [0.3, 0.4) is 0 Å². The zero-order valence-corrected chi connectivity index (χ0v) is 12.3. The fourth-order valence-corrected chi connectivity index (χ4v) is 3.22. The molecule has 0 radical (unpaired) electrons. The summed E-state index contributed by atoms with van der Waals surface area (Å²) >= 11 is 0. The summed E-state index contributed by atoms with van der Waals surface area (Å²) in [6.07, 6.45) is -6.12. The van der Waals surface area contributed by atoms with Gasteiger partial charge in [0.1, 0.15) is 0 Å². The van der Waals surface area contributed by atoms with Crippen molar-refractivity contribution >= 4 is 17.3 Å². The number of benzene rings is 1. The lowest BCUT2D eigenvalue weighted by atomic mass is 9.99. The van der Waals surface area contributed by atoms with Crippen molar-refractivity contribution in [3.8, 4) is 0 Å². The first-order valence-electron chi connectivity index (χ1n) is 7.27. The van der Waals surface area contributed by atoms with Gasteiger partial charge in [-0.25, -0.2) is 4.79 Å². The topological polar surface area (TPSA) is 84.7 Å². The first-order chi connectivity index (χ1) is 11.3. The Kier molecular flexibility index (Phi) is 4.08. The molecule has 2 aliphatic heterocycles. The number of carbonyl (C=O) groups is 1. The SMILES string of the molecule is O=C(OC1[C@@H]2CNC[C@H]2CN1c1ccc([N+](=O)[O-])cc1)C(F)(F)F. The molecule has 0 saturated carbocycles. The summed E-state index contributed by atoms with van der Waals surface area (Å²) in [5.74, 6) is -2.44. The third kappa shape index (κ3) is 3.01. The maximum absolute atomic E-state index is 12.5. The normalized spacial score (nSPS) is 26.3. The van der Waals surface area contributed by atoms with Crippen LogP contribution in [0, 0.1) is 22.0 Å². The minimum absolute atomic E-state index is 0.0474. The molecule has 2 aliphatic rings. The van der Waals surface area contributed by atoms with E-state index in [-0.39, 0.29) is 17.5 Å². The molecule has 2 heterocycles. The van der Waals surface area contributed by atoms with Crippen LogP contribution in [0.1, 0.15) is 0 Å². The lowest BCUT2D eigenvalue weighted by molar-refractivity contribution is -0.384. The number of hydrogen-bond acceptors (Lipinski definition) is 6. The van der Waals surface area contributed by atoms with Gasteiger partial charge in [0.05, 0.1) is 4.92 Å². The van der Waals surface area contributed by atoms with Crippen molar-refractivity contribution in [2.24, 2.45) is 11.8 Å². The van der Waals surface area contributed by atoms with Crippen molar-refractivity contribution in [2.45, 2.75) is 12.4 Å². The van der Waals surface area contributed by atoms with Gasteiger partial charge in [-0.15, -0.1) is 0 Å². The molecular formula is C14H14F3N3O4. The second-order valence-electron chi connectivity index (χ2n) is 5.80. The molecule has 7 nitrogen and oxygen atoms in total. The first-order valence-corrected chi connectivity index (χ1v) is 7.27. The van der Waals surface area contributed by atoms with Gasteiger partial charge in [-0.2, -0.15) is 13.2 Å². The fraction of sp³-hybridized carbons (Fsp3) is 0.500. The minimum Gasteiger partial charge on any atom is -0.435 e. The van der Waals surface area contributed by atoms with Gasteiger partial charge < -0.3 is 15.0 Å². The van der Waals surface area contributed by atoms with E-state index >= 15 is 0 Å². The van der Waals surface area contributed by atoms with Gasteiger partial charge in [0.15, 0.2) is 6.23 Å². The average molecular weight is 345 g/mol. The van der Waals surface area contributed by atoms with Crippen LogP contribution in [0.15, 0.2) is 24.3 Å². The molecule has 0 aliphatic carbocycles. The molecule has 24 heavy (non-hydrogen) atoms. The molecule has 3 rings (SSSR count). The summed E-state index contributed by atoms with van der Waals surface area (Å²) in [6, 6.07) is 5.43. The van der Waals surface area contributed by atoms with Crippen LogP contribution in [-0.4, -0.2) is 42.9 Å². The van der Waals surface area contributed by atoms with E-state index < -0.39 is 23.3 Å². The van der Waals surface area contributed by atoms with Gasteiger partial charge in [0, 0.05) is 43.4 Å². The number of ether oxygens (including phenoxy) is 1. The third-order valence-corrected chi connectivity index (χ3v) is 4.35. The Labute approximate surface area is 134 Å². The van der Waals surface area contributed by atoms with E-state index in [0.29, 0.717) is 25.3 Å². The Hall–Kier alpha value is -2.36. The van der Waals surface area contributed by atoms with E-state index in [1.165, 1.54) is 24.3 Å². The number of nitro groups is 1. The molecule has 3 atom stereocenters. The van der Waals surface area contributed by atoms with Gasteiger partial charge in [-0.05, 0) is 18.1 Å². The second kappa shape index (κ2) is 5.93. The summed E-state index contributed by atoms with van der Waals surface area (Å²) in [7, 11) is 0. The van der Waals surface area contributed by atoms with Crippen LogP contribution in [0.25, 0.3) is 0 Å². The largest absolute Gasteiger partial charge is 0.491 e. The highest BCUT2D eigenvalue weighted by Gasteiger charge is 2.50. The monoisotopic (exact) mass is 345 g/mol. The van der Waals surface area contributed by atoms with Crippen molar-refractivity contribution < 1.29 is 27.6 Å². The van der Waals surface area contributed by atoms with Crippen LogP contribution in [0.2, 0.25) is 0 Å². The van der Waals surface area contributed by atoms with Gasteiger partial charge in [0.25, 0.3) is 5.69 Å². The maximum atomic E-state index is 12.5. The summed E-state index contributed by atoms with van der Waals surface area (Å²) in [6.45, 7) is 1.48. The van der Waals surface area contributed by atoms with E-state index in [9.17, 15) is 28.1 Å². The van der Waals surface area contributed by atoms with Gasteiger partial charge in [0.2, 0.25) is 0 Å². The van der Waals surface area contributed by atoms with Crippen molar-refractivity contribution in [2.75, 3.05) is 24.5 Å². The van der Waals surface area contributed by atoms with Crippen LogP contribution in [0.5, 0.6) is 0 Å². The molecule has 1 unspecified atom stereocenters. The Morgan fingerprint density at radius 1 is 1.29 bits per heavy atom. The van der Waals surface area contributed by atoms with Crippen molar-refractivity contribution in [3.63, 3.8) is 0 Å². The molecule has 1 aromatic carbocycles. The summed E-state index contributed by atoms with van der Waals surface area (Å²) in [4.78, 5) is 22.9. The lowest BCUT2D eigenvalue weighted by Gasteiger charge is -2.29. The van der Waals surface area contributed by atoms with Crippen LogP contribution >= 0.6 is 0 Å². The Morgan fingerprint density at radius 2 is 1.96 bits per heavy atom. The smallest absolute Gasteiger partial charge is 0.435 e. The number of carbonyl (C=O) groups excluding carboxylic acids is 1. The number of alkyl halides is 3. The molecular weight excluding hydrogens is 331 g/mol. The number of rotatable bonds is 3. The van der Waals surface area contributed by atoms with E-state index in [1.54, 1.807) is 4.90 Å². The van der Waals surface area contributed by atoms with Crippen molar-refractivity contribution in [3.05, 3.63) is 34.4 Å². The number of anilines is 1. The quantitative estimate of drug-likeness (QED) is 0.510. The number of nitro benzene ring substituents is 1. The Morgan fingerprint density at radius 3 is 2.54 bits per heavy atom. The van der Waals surface area contributed by atoms with Gasteiger partial charge >= 0.3 is 12.1 Å². The Balaban J connectivity index is 1.84. The van der Waals surface area contributed by atoms with E-state index in [1.807, 2.05) is 0 Å². The average Bonchev–Trinajstić information content (AvgIpc) is 3.09. The number of nitrogens with zero attached hydrogens (tertiary/aromatic N) is 2. The number of fused-ring (bicyclic) bond motifs is 1. The highest BCUT2D eigenvalue weighted by atomic mass is 19.4. The number of hydrogen-bond donors (Lipinski definition) is 1. The van der Waals surface area contributed by atoms with E-state index in [0.717, 1.165) is 0 Å². The maximum Gasteiger partial charge on any atom is 0.491 e. The molecule has 1 N–H and O–H groups in total. The molecule has 10 heteroatoms. The highest BCUT2D eigenvalue weighted by molar-refractivity contribution is 5.76. The predicted octanol–water partition coefficient (Wildman–Crippen LogP) is 1.68. The summed E-state index contributed by atoms with van der Waals surface area (Å²) in [5, 5.41) is 13.8. The van der Waals surface area contributed by atoms with Gasteiger partial charge in [-0.3, -0.25) is 10.1 Å². The Bertz CT molecular complexity index is 650. The molecule has 0 bridgehead atoms. The number of nitrogens with one attached hydrogen (secondary N) is 1. The summed E-state index contributed by atoms with van der Waals surface area (Å²) in [5.41, 5.74) is 0.360. The third-order valence-electron chi connectivity index (χ3n) is 4.35. The lowest BCUT2D eigenvalue weighted by Crippen LogP contribution is -2.42. The summed E-state index contributed by atoms with van der Waals surface area (Å²) < 4.78 is 42.3.